The Morgan fingerprint density at radius 2 is 1.81 bits per heavy atom. The minimum absolute atomic E-state index is 0.0260. The number of anilines is 1. The van der Waals surface area contributed by atoms with Gasteiger partial charge in [0, 0.05) is 12.3 Å². The van der Waals surface area contributed by atoms with Crippen LogP contribution in [0.4, 0.5) is 10.1 Å². The van der Waals surface area contributed by atoms with E-state index in [-0.39, 0.29) is 23.7 Å². The van der Waals surface area contributed by atoms with Crippen molar-refractivity contribution in [1.82, 2.24) is 0 Å². The molecule has 1 unspecified atom stereocenters. The van der Waals surface area contributed by atoms with Gasteiger partial charge >= 0.3 is 5.97 Å². The van der Waals surface area contributed by atoms with Crippen LogP contribution in [0.25, 0.3) is 0 Å². The van der Waals surface area contributed by atoms with E-state index in [0.717, 1.165) is 16.8 Å². The molecule has 2 aromatic carbocycles. The van der Waals surface area contributed by atoms with Gasteiger partial charge in [0.25, 0.3) is 0 Å². The number of ether oxygens (including phenoxy) is 3. The maximum atomic E-state index is 13.3. The maximum absolute atomic E-state index is 13.3. The van der Waals surface area contributed by atoms with Gasteiger partial charge in [-0.25, -0.2) is 9.18 Å². The van der Waals surface area contributed by atoms with Gasteiger partial charge in [-0.05, 0) is 55.3 Å². The first-order chi connectivity index (χ1) is 15.0. The lowest BCUT2D eigenvalue weighted by Gasteiger charge is -2.26. The Hall–Kier alpha value is -2.42. The van der Waals surface area contributed by atoms with Crippen LogP contribution in [0.5, 0.6) is 0 Å². The number of carbonyl (C=O) groups is 2. The number of amides is 1. The van der Waals surface area contributed by atoms with Crippen molar-refractivity contribution < 1.29 is 28.2 Å². The second-order valence-electron chi connectivity index (χ2n) is 6.93. The van der Waals surface area contributed by atoms with Crippen LogP contribution in [0.2, 0.25) is 0 Å². The zero-order valence-electron chi connectivity index (χ0n) is 17.6. The smallest absolute Gasteiger partial charge is 0.338 e. The van der Waals surface area contributed by atoms with E-state index in [0.29, 0.717) is 37.7 Å². The predicted octanol–water partition coefficient (Wildman–Crippen LogP) is 4.12. The van der Waals surface area contributed by atoms with Crippen LogP contribution in [-0.2, 0) is 19.0 Å². The fourth-order valence-electron chi connectivity index (χ4n) is 3.25. The highest BCUT2D eigenvalue weighted by Gasteiger charge is 2.35. The summed E-state index contributed by atoms with van der Waals surface area (Å²) < 4.78 is 29.0. The molecule has 1 atom stereocenters. The third-order valence-corrected chi connectivity index (χ3v) is 5.96. The van der Waals surface area contributed by atoms with Crippen LogP contribution < -0.4 is 4.90 Å². The number of halogens is 1. The molecule has 0 spiro atoms. The Morgan fingerprint density at radius 1 is 1.10 bits per heavy atom. The Balaban J connectivity index is 1.63. The van der Waals surface area contributed by atoms with Crippen molar-refractivity contribution in [2.45, 2.75) is 19.2 Å². The summed E-state index contributed by atoms with van der Waals surface area (Å²) in [4.78, 5) is 26.6. The number of hydrogen-bond acceptors (Lipinski definition) is 6. The molecule has 1 aliphatic heterocycles. The molecule has 2 aromatic rings. The van der Waals surface area contributed by atoms with Gasteiger partial charge in [-0.15, -0.1) is 11.8 Å². The second kappa shape index (κ2) is 11.3. The van der Waals surface area contributed by atoms with E-state index in [1.54, 1.807) is 35.2 Å². The van der Waals surface area contributed by atoms with Gasteiger partial charge < -0.3 is 14.2 Å². The molecule has 0 aromatic heterocycles. The third kappa shape index (κ3) is 6.06. The molecular weight excluding hydrogens is 421 g/mol. The van der Waals surface area contributed by atoms with Crippen molar-refractivity contribution in [2.24, 2.45) is 0 Å². The van der Waals surface area contributed by atoms with E-state index in [9.17, 15) is 14.0 Å². The van der Waals surface area contributed by atoms with Crippen molar-refractivity contribution in [3.05, 3.63) is 65.0 Å². The summed E-state index contributed by atoms with van der Waals surface area (Å²) in [5.41, 5.74) is 2.77. The highest BCUT2D eigenvalue weighted by atomic mass is 32.2. The number of esters is 1. The monoisotopic (exact) mass is 447 g/mol. The minimum Gasteiger partial charge on any atom is -0.460 e. The summed E-state index contributed by atoms with van der Waals surface area (Å²) in [7, 11) is 0. The molecule has 8 heteroatoms. The van der Waals surface area contributed by atoms with Gasteiger partial charge in [0.2, 0.25) is 5.91 Å². The van der Waals surface area contributed by atoms with E-state index in [4.69, 9.17) is 14.2 Å². The van der Waals surface area contributed by atoms with Crippen LogP contribution in [0.15, 0.2) is 42.5 Å². The first-order valence-electron chi connectivity index (χ1n) is 10.1. The third-order valence-electron chi connectivity index (χ3n) is 4.75. The van der Waals surface area contributed by atoms with Gasteiger partial charge in [-0.3, -0.25) is 9.69 Å². The summed E-state index contributed by atoms with van der Waals surface area (Å²) in [5.74, 6) is -0.445. The molecule has 1 heterocycles. The minimum atomic E-state index is -0.444. The van der Waals surface area contributed by atoms with Crippen molar-refractivity contribution >= 4 is 29.3 Å². The fraction of sp³-hybridized carbons (Fsp3) is 0.391. The van der Waals surface area contributed by atoms with Gasteiger partial charge in [0.15, 0.2) is 0 Å². The molecule has 1 fully saturated rings. The molecule has 0 N–H and O–H groups in total. The molecule has 0 radical (unpaired) electrons. The highest BCUT2D eigenvalue weighted by Crippen LogP contribution is 2.42. The molecule has 0 bridgehead atoms. The second-order valence-corrected chi connectivity index (χ2v) is 7.99. The first kappa shape index (κ1) is 23.2. The van der Waals surface area contributed by atoms with Crippen LogP contribution in [0.1, 0.15) is 33.8 Å². The number of rotatable bonds is 10. The maximum Gasteiger partial charge on any atom is 0.338 e. The summed E-state index contributed by atoms with van der Waals surface area (Å²) in [6.07, 6.45) is 0. The topological polar surface area (TPSA) is 65.1 Å². The number of aryl methyl sites for hydroxylation is 1. The van der Waals surface area contributed by atoms with Crippen LogP contribution in [0.3, 0.4) is 0 Å². The van der Waals surface area contributed by atoms with E-state index in [1.165, 1.54) is 23.9 Å². The molecule has 166 valence electrons. The number of hydrogen-bond donors (Lipinski definition) is 0. The van der Waals surface area contributed by atoms with E-state index >= 15 is 0 Å². The molecule has 31 heavy (non-hydrogen) atoms. The van der Waals surface area contributed by atoms with Gasteiger partial charge in [-0.2, -0.15) is 0 Å². The van der Waals surface area contributed by atoms with Crippen LogP contribution in [-0.4, -0.2) is 50.7 Å². The average molecular weight is 448 g/mol. The Kier molecular flexibility index (Phi) is 8.45. The van der Waals surface area contributed by atoms with E-state index in [2.05, 4.69) is 0 Å². The summed E-state index contributed by atoms with van der Waals surface area (Å²) in [6.45, 7) is 5.82. The standard InChI is InChI=1S/C23H26FNO5S/c1-3-28-10-11-29-12-13-30-23(27)18-6-9-20(16(2)14-18)25-21(26)15-31-22(25)17-4-7-19(24)8-5-17/h4-9,14,22H,3,10-13,15H2,1-2H3. The zero-order valence-corrected chi connectivity index (χ0v) is 18.5. The normalized spacial score (nSPS) is 16.0. The van der Waals surface area contributed by atoms with Gasteiger partial charge in [0.05, 0.1) is 31.1 Å². The Bertz CT molecular complexity index is 905. The number of carbonyl (C=O) groups excluding carboxylic acids is 2. The Labute approximate surface area is 185 Å². The lowest BCUT2D eigenvalue weighted by Crippen LogP contribution is -2.28. The molecule has 1 amide bonds. The quantitative estimate of drug-likeness (QED) is 0.403. The Morgan fingerprint density at radius 3 is 2.52 bits per heavy atom. The molecule has 0 saturated carbocycles. The molecule has 6 nitrogen and oxygen atoms in total. The average Bonchev–Trinajstić information content (AvgIpc) is 3.14. The largest absolute Gasteiger partial charge is 0.460 e. The highest BCUT2D eigenvalue weighted by molar-refractivity contribution is 8.00. The lowest BCUT2D eigenvalue weighted by molar-refractivity contribution is -0.115. The lowest BCUT2D eigenvalue weighted by atomic mass is 10.1. The zero-order chi connectivity index (χ0) is 22.2. The summed E-state index contributed by atoms with van der Waals surface area (Å²) in [6, 6.07) is 11.3. The summed E-state index contributed by atoms with van der Waals surface area (Å²) in [5, 5.41) is -0.238. The van der Waals surface area contributed by atoms with Crippen LogP contribution >= 0.6 is 11.8 Å². The van der Waals surface area contributed by atoms with Crippen molar-refractivity contribution in [1.29, 1.82) is 0 Å². The molecule has 3 rings (SSSR count). The van der Waals surface area contributed by atoms with Gasteiger partial charge in [-0.1, -0.05) is 12.1 Å². The number of thioether (sulfide) groups is 1. The van der Waals surface area contributed by atoms with Crippen molar-refractivity contribution in [3.8, 4) is 0 Å². The van der Waals surface area contributed by atoms with E-state index < -0.39 is 5.97 Å². The fourth-order valence-corrected chi connectivity index (χ4v) is 4.42. The molecule has 1 aliphatic rings. The van der Waals surface area contributed by atoms with Gasteiger partial charge in [0.1, 0.15) is 17.8 Å². The van der Waals surface area contributed by atoms with Crippen molar-refractivity contribution in [3.63, 3.8) is 0 Å². The summed E-state index contributed by atoms with van der Waals surface area (Å²) >= 11 is 1.49. The SMILES string of the molecule is CCOCCOCCOC(=O)c1ccc(N2C(=O)CSC2c2ccc(F)cc2)c(C)c1. The first-order valence-corrected chi connectivity index (χ1v) is 11.2. The van der Waals surface area contributed by atoms with Crippen molar-refractivity contribution in [2.75, 3.05) is 43.7 Å². The predicted molar refractivity (Wildman–Crippen MR) is 118 cm³/mol. The van der Waals surface area contributed by atoms with Crippen LogP contribution in [0, 0.1) is 12.7 Å². The van der Waals surface area contributed by atoms with E-state index in [1.807, 2.05) is 13.8 Å². The molecule has 0 aliphatic carbocycles. The number of benzene rings is 2. The molecule has 1 saturated heterocycles. The molecular formula is C23H26FNO5S. The number of nitrogens with zero attached hydrogens (tertiary/aromatic N) is 1.